The number of anilines is 1. The fraction of sp³-hybridized carbons (Fsp3) is 0.200. The van der Waals surface area contributed by atoms with Crippen molar-refractivity contribution in [3.8, 4) is 6.07 Å². The summed E-state index contributed by atoms with van der Waals surface area (Å²) in [7, 11) is -2.76. The van der Waals surface area contributed by atoms with Crippen molar-refractivity contribution in [2.45, 2.75) is 0 Å². The van der Waals surface area contributed by atoms with Gasteiger partial charge in [0.05, 0.1) is 18.4 Å². The van der Waals surface area contributed by atoms with Crippen LogP contribution in [0.1, 0.15) is 5.56 Å². The maximum absolute atomic E-state index is 11.5. The Labute approximate surface area is 98.9 Å². The molecule has 0 radical (unpaired) electrons. The van der Waals surface area contributed by atoms with Crippen LogP contribution in [-0.2, 0) is 19.6 Å². The molecule has 0 aliphatic heterocycles. The number of rotatable bonds is 4. The molecule has 0 saturated carbocycles. The monoisotopic (exact) mass is 254 g/mol. The Morgan fingerprint density at radius 3 is 2.71 bits per heavy atom. The van der Waals surface area contributed by atoms with Crippen molar-refractivity contribution in [3.05, 3.63) is 29.8 Å². The molecule has 0 saturated heterocycles. The van der Waals surface area contributed by atoms with E-state index in [0.717, 1.165) is 7.11 Å². The minimum absolute atomic E-state index is 0.138. The molecule has 1 N–H and O–H groups in total. The Morgan fingerprint density at radius 1 is 1.47 bits per heavy atom. The first kappa shape index (κ1) is 13.0. The molecule has 0 unspecified atom stereocenters. The second-order valence-corrected chi connectivity index (χ2v) is 4.82. The predicted molar refractivity (Wildman–Crippen MR) is 60.6 cm³/mol. The third-order valence-electron chi connectivity index (χ3n) is 1.85. The van der Waals surface area contributed by atoms with E-state index in [9.17, 15) is 13.2 Å². The Bertz CT molecular complexity index is 560. The quantitative estimate of drug-likeness (QED) is 0.788. The van der Waals surface area contributed by atoms with E-state index >= 15 is 0 Å². The van der Waals surface area contributed by atoms with Crippen LogP contribution < -0.4 is 4.72 Å². The van der Waals surface area contributed by atoms with E-state index in [1.807, 2.05) is 6.07 Å². The lowest BCUT2D eigenvalue weighted by Crippen LogP contribution is -2.24. The highest BCUT2D eigenvalue weighted by Crippen LogP contribution is 2.15. The summed E-state index contributed by atoms with van der Waals surface area (Å²) in [5.41, 5.74) is 0.319. The molecule has 0 atom stereocenters. The average Bonchev–Trinajstić information content (AvgIpc) is 2.28. The van der Waals surface area contributed by atoms with Gasteiger partial charge in [0.25, 0.3) is 0 Å². The summed E-state index contributed by atoms with van der Waals surface area (Å²) in [5, 5.41) is 8.77. The number of carbonyl (C=O) groups is 1. The van der Waals surface area contributed by atoms with Crippen molar-refractivity contribution >= 4 is 21.7 Å². The minimum Gasteiger partial charge on any atom is -0.468 e. The first-order chi connectivity index (χ1) is 7.98. The van der Waals surface area contributed by atoms with Crippen LogP contribution in [0.5, 0.6) is 0 Å². The maximum atomic E-state index is 11.5. The molecular weight excluding hydrogens is 244 g/mol. The zero-order valence-corrected chi connectivity index (χ0v) is 9.82. The van der Waals surface area contributed by atoms with Gasteiger partial charge >= 0.3 is 5.97 Å². The van der Waals surface area contributed by atoms with Crippen molar-refractivity contribution < 1.29 is 17.9 Å². The van der Waals surface area contributed by atoms with Crippen molar-refractivity contribution in [1.29, 1.82) is 5.26 Å². The van der Waals surface area contributed by atoms with Gasteiger partial charge in [-0.15, -0.1) is 0 Å². The van der Waals surface area contributed by atoms with Crippen LogP contribution in [0.4, 0.5) is 5.69 Å². The summed E-state index contributed by atoms with van der Waals surface area (Å²) in [6.07, 6.45) is 0. The van der Waals surface area contributed by atoms with E-state index < -0.39 is 21.7 Å². The molecule has 0 spiro atoms. The van der Waals surface area contributed by atoms with Crippen LogP contribution in [0.25, 0.3) is 0 Å². The normalized spacial score (nSPS) is 10.4. The Hall–Kier alpha value is -2.07. The zero-order valence-electron chi connectivity index (χ0n) is 9.00. The summed E-state index contributed by atoms with van der Waals surface area (Å²) in [6.45, 7) is 0. The summed E-state index contributed by atoms with van der Waals surface area (Å²) >= 11 is 0. The zero-order chi connectivity index (χ0) is 12.9. The summed E-state index contributed by atoms with van der Waals surface area (Å²) in [6, 6.07) is 7.94. The van der Waals surface area contributed by atoms with Crippen LogP contribution in [-0.4, -0.2) is 27.2 Å². The highest BCUT2D eigenvalue weighted by atomic mass is 32.2. The lowest BCUT2D eigenvalue weighted by Gasteiger charge is -2.07. The van der Waals surface area contributed by atoms with Gasteiger partial charge in [-0.25, -0.2) is 8.42 Å². The first-order valence-electron chi connectivity index (χ1n) is 4.55. The van der Waals surface area contributed by atoms with Gasteiger partial charge in [-0.3, -0.25) is 9.52 Å². The molecule has 90 valence electrons. The van der Waals surface area contributed by atoms with Crippen LogP contribution in [0, 0.1) is 11.3 Å². The van der Waals surface area contributed by atoms with E-state index in [1.54, 1.807) is 12.1 Å². The van der Waals surface area contributed by atoms with Crippen LogP contribution in [0.15, 0.2) is 24.3 Å². The molecule has 0 aromatic heterocycles. The molecule has 6 nitrogen and oxygen atoms in total. The summed E-state index contributed by atoms with van der Waals surface area (Å²) in [4.78, 5) is 10.9. The van der Waals surface area contributed by atoms with Gasteiger partial charge in [0.2, 0.25) is 10.0 Å². The standard InChI is InChI=1S/C10H10N2O4S/c1-16-10(13)7-17(14,15)12-9-5-3-2-4-8(9)6-11/h2-5,12H,7H2,1H3. The molecular formula is C10H10N2O4S. The number of carbonyl (C=O) groups excluding carboxylic acids is 1. The van der Waals surface area contributed by atoms with Crippen LogP contribution in [0.2, 0.25) is 0 Å². The summed E-state index contributed by atoms with van der Waals surface area (Å²) < 4.78 is 29.4. The number of sulfonamides is 1. The second kappa shape index (κ2) is 5.32. The molecule has 0 fully saturated rings. The highest BCUT2D eigenvalue weighted by molar-refractivity contribution is 7.93. The van der Waals surface area contributed by atoms with Crippen LogP contribution in [0.3, 0.4) is 0 Å². The van der Waals surface area contributed by atoms with E-state index in [2.05, 4.69) is 9.46 Å². The molecule has 0 amide bonds. The predicted octanol–water partition coefficient (Wildman–Crippen LogP) is 0.473. The number of nitrogens with one attached hydrogen (secondary N) is 1. The molecule has 17 heavy (non-hydrogen) atoms. The lowest BCUT2D eigenvalue weighted by molar-refractivity contribution is -0.137. The number of hydrogen-bond acceptors (Lipinski definition) is 5. The van der Waals surface area contributed by atoms with Gasteiger partial charge < -0.3 is 4.74 Å². The number of hydrogen-bond donors (Lipinski definition) is 1. The summed E-state index contributed by atoms with van der Waals surface area (Å²) in [5.74, 6) is -1.66. The molecule has 0 aliphatic carbocycles. The number of para-hydroxylation sites is 1. The van der Waals surface area contributed by atoms with E-state index in [0.29, 0.717) is 0 Å². The van der Waals surface area contributed by atoms with E-state index in [4.69, 9.17) is 5.26 Å². The van der Waals surface area contributed by atoms with Crippen molar-refractivity contribution in [1.82, 2.24) is 0 Å². The van der Waals surface area contributed by atoms with E-state index in [-0.39, 0.29) is 11.3 Å². The van der Waals surface area contributed by atoms with Gasteiger partial charge in [-0.1, -0.05) is 12.1 Å². The Balaban J connectivity index is 2.91. The molecule has 7 heteroatoms. The van der Waals surface area contributed by atoms with Crippen LogP contribution >= 0.6 is 0 Å². The van der Waals surface area contributed by atoms with Gasteiger partial charge in [0.15, 0.2) is 5.75 Å². The number of nitrogens with zero attached hydrogens (tertiary/aromatic N) is 1. The topological polar surface area (TPSA) is 96.3 Å². The Morgan fingerprint density at radius 2 is 2.12 bits per heavy atom. The van der Waals surface area contributed by atoms with Crippen molar-refractivity contribution in [2.24, 2.45) is 0 Å². The van der Waals surface area contributed by atoms with Gasteiger partial charge in [0, 0.05) is 0 Å². The third kappa shape index (κ3) is 3.77. The molecule has 1 aromatic carbocycles. The Kier molecular flexibility index (Phi) is 4.06. The number of esters is 1. The largest absolute Gasteiger partial charge is 0.468 e. The first-order valence-corrected chi connectivity index (χ1v) is 6.20. The molecule has 1 aromatic rings. The molecule has 0 bridgehead atoms. The van der Waals surface area contributed by atoms with Crippen molar-refractivity contribution in [2.75, 3.05) is 17.6 Å². The smallest absolute Gasteiger partial charge is 0.322 e. The van der Waals surface area contributed by atoms with Crippen molar-refractivity contribution in [3.63, 3.8) is 0 Å². The fourth-order valence-electron chi connectivity index (χ4n) is 1.09. The molecule has 1 rings (SSSR count). The lowest BCUT2D eigenvalue weighted by atomic mass is 10.2. The maximum Gasteiger partial charge on any atom is 0.322 e. The van der Waals surface area contributed by atoms with E-state index in [1.165, 1.54) is 12.1 Å². The number of ether oxygens (including phenoxy) is 1. The highest BCUT2D eigenvalue weighted by Gasteiger charge is 2.17. The molecule has 0 aliphatic rings. The van der Waals surface area contributed by atoms with Gasteiger partial charge in [-0.05, 0) is 12.1 Å². The number of methoxy groups -OCH3 is 1. The number of benzene rings is 1. The SMILES string of the molecule is COC(=O)CS(=O)(=O)Nc1ccccc1C#N. The third-order valence-corrected chi connectivity index (χ3v) is 3.00. The molecule has 0 heterocycles. The fourth-order valence-corrected chi connectivity index (χ4v) is 2.10. The van der Waals surface area contributed by atoms with Gasteiger partial charge in [0.1, 0.15) is 6.07 Å². The second-order valence-electron chi connectivity index (χ2n) is 3.09. The number of nitriles is 1. The average molecular weight is 254 g/mol. The van der Waals surface area contributed by atoms with Gasteiger partial charge in [-0.2, -0.15) is 5.26 Å². The minimum atomic E-state index is -3.85.